The zero-order valence-electron chi connectivity index (χ0n) is 10.4. The average molecular weight is 274 g/mol. The highest BCUT2D eigenvalue weighted by Gasteiger charge is 2.15. The van der Waals surface area contributed by atoms with Crippen LogP contribution in [0, 0.1) is 0 Å². The average Bonchev–Trinajstić information content (AvgIpc) is 2.46. The van der Waals surface area contributed by atoms with Crippen LogP contribution < -0.4 is 10.3 Å². The Hall–Kier alpha value is -1.75. The topological polar surface area (TPSA) is 55.0 Å². The molecule has 0 saturated heterocycles. The number of hydrogen-bond donors (Lipinski definition) is 1. The Balaban J connectivity index is 1.78. The third-order valence-corrected chi connectivity index (χ3v) is 3.98. The van der Waals surface area contributed by atoms with Gasteiger partial charge in [0.05, 0.1) is 5.69 Å². The summed E-state index contributed by atoms with van der Waals surface area (Å²) in [6.45, 7) is 0.291. The molecule has 5 heteroatoms. The van der Waals surface area contributed by atoms with E-state index in [2.05, 4.69) is 9.97 Å². The summed E-state index contributed by atoms with van der Waals surface area (Å²) in [5.74, 6) is 3.16. The molecule has 0 saturated carbocycles. The molecule has 0 fully saturated rings. The molecule has 19 heavy (non-hydrogen) atoms. The van der Waals surface area contributed by atoms with Crippen molar-refractivity contribution in [3.05, 3.63) is 57.8 Å². The standard InChI is InChI=1S/C14H14N2O2S/c17-14-11-9-19-7-6-12(11)15-13(16-14)8-18-10-4-2-1-3-5-10/h1-5H,6-9H2,(H,15,16,17). The van der Waals surface area contributed by atoms with Crippen LogP contribution in [0.4, 0.5) is 0 Å². The van der Waals surface area contributed by atoms with Gasteiger partial charge in [-0.1, -0.05) is 18.2 Å². The Morgan fingerprint density at radius 2 is 2.16 bits per heavy atom. The van der Waals surface area contributed by atoms with Gasteiger partial charge in [-0.25, -0.2) is 4.98 Å². The number of aromatic nitrogens is 2. The predicted octanol–water partition coefficient (Wildman–Crippen LogP) is 2.14. The second-order valence-corrected chi connectivity index (χ2v) is 5.45. The van der Waals surface area contributed by atoms with E-state index in [1.807, 2.05) is 30.3 Å². The maximum atomic E-state index is 11.9. The normalized spacial score (nSPS) is 13.9. The van der Waals surface area contributed by atoms with Crippen LogP contribution in [0.5, 0.6) is 5.75 Å². The Labute approximate surface area is 115 Å². The Morgan fingerprint density at radius 1 is 1.32 bits per heavy atom. The summed E-state index contributed by atoms with van der Waals surface area (Å²) in [7, 11) is 0. The van der Waals surface area contributed by atoms with Crippen LogP contribution in [0.2, 0.25) is 0 Å². The van der Waals surface area contributed by atoms with Crippen molar-refractivity contribution in [2.24, 2.45) is 0 Å². The molecular formula is C14H14N2O2S. The molecule has 1 aliphatic heterocycles. The van der Waals surface area contributed by atoms with Crippen molar-refractivity contribution in [1.29, 1.82) is 0 Å². The fraction of sp³-hybridized carbons (Fsp3) is 0.286. The summed E-state index contributed by atoms with van der Waals surface area (Å²) in [5, 5.41) is 0. The molecule has 0 aliphatic carbocycles. The molecule has 0 radical (unpaired) electrons. The number of thioether (sulfide) groups is 1. The number of H-pyrrole nitrogens is 1. The van der Waals surface area contributed by atoms with Gasteiger partial charge >= 0.3 is 0 Å². The molecule has 0 atom stereocenters. The summed E-state index contributed by atoms with van der Waals surface area (Å²) in [5.41, 5.74) is 1.72. The van der Waals surface area contributed by atoms with E-state index < -0.39 is 0 Å². The largest absolute Gasteiger partial charge is 0.486 e. The van der Waals surface area contributed by atoms with E-state index in [0.29, 0.717) is 12.4 Å². The minimum absolute atomic E-state index is 0.0242. The van der Waals surface area contributed by atoms with Crippen LogP contribution in [0.15, 0.2) is 35.1 Å². The van der Waals surface area contributed by atoms with Crippen molar-refractivity contribution in [3.8, 4) is 5.75 Å². The van der Waals surface area contributed by atoms with Crippen LogP contribution in [0.25, 0.3) is 0 Å². The number of rotatable bonds is 3. The molecule has 2 aromatic rings. The number of aryl methyl sites for hydroxylation is 1. The zero-order valence-corrected chi connectivity index (χ0v) is 11.2. The summed E-state index contributed by atoms with van der Waals surface area (Å²) < 4.78 is 5.60. The van der Waals surface area contributed by atoms with E-state index in [0.717, 1.165) is 34.9 Å². The van der Waals surface area contributed by atoms with E-state index in [9.17, 15) is 4.79 Å². The second kappa shape index (κ2) is 5.48. The summed E-state index contributed by atoms with van der Waals surface area (Å²) in [6, 6.07) is 9.52. The number of nitrogens with zero attached hydrogens (tertiary/aromatic N) is 1. The Bertz CT molecular complexity index is 625. The lowest BCUT2D eigenvalue weighted by molar-refractivity contribution is 0.295. The van der Waals surface area contributed by atoms with Gasteiger partial charge in [0, 0.05) is 11.3 Å². The van der Waals surface area contributed by atoms with Crippen LogP contribution in [-0.2, 0) is 18.8 Å². The fourth-order valence-electron chi connectivity index (χ4n) is 2.03. The lowest BCUT2D eigenvalue weighted by Crippen LogP contribution is -2.23. The zero-order chi connectivity index (χ0) is 13.1. The molecule has 0 spiro atoms. The summed E-state index contributed by atoms with van der Waals surface area (Å²) in [6.07, 6.45) is 0.863. The van der Waals surface area contributed by atoms with Gasteiger partial charge in [-0.3, -0.25) is 4.79 Å². The first-order chi connectivity index (χ1) is 9.33. The SMILES string of the molecule is O=c1[nH]c(COc2ccccc2)nc2c1CSCC2. The Morgan fingerprint density at radius 3 is 3.00 bits per heavy atom. The Kier molecular flexibility index (Phi) is 3.55. The second-order valence-electron chi connectivity index (χ2n) is 4.34. The first-order valence-corrected chi connectivity index (χ1v) is 7.35. The van der Waals surface area contributed by atoms with E-state index in [1.165, 1.54) is 0 Å². The number of ether oxygens (including phenoxy) is 1. The van der Waals surface area contributed by atoms with E-state index in [1.54, 1.807) is 11.8 Å². The lowest BCUT2D eigenvalue weighted by Gasteiger charge is -2.14. The number of hydrogen-bond acceptors (Lipinski definition) is 4. The van der Waals surface area contributed by atoms with E-state index >= 15 is 0 Å². The predicted molar refractivity (Wildman–Crippen MR) is 75.5 cm³/mol. The van der Waals surface area contributed by atoms with Crippen LogP contribution >= 0.6 is 11.8 Å². The quantitative estimate of drug-likeness (QED) is 0.931. The van der Waals surface area contributed by atoms with Crippen molar-refractivity contribution in [2.75, 3.05) is 5.75 Å². The highest BCUT2D eigenvalue weighted by molar-refractivity contribution is 7.98. The van der Waals surface area contributed by atoms with Gasteiger partial charge in [-0.15, -0.1) is 0 Å². The first-order valence-electron chi connectivity index (χ1n) is 6.19. The minimum Gasteiger partial charge on any atom is -0.486 e. The number of aromatic amines is 1. The summed E-state index contributed by atoms with van der Waals surface area (Å²) >= 11 is 1.78. The lowest BCUT2D eigenvalue weighted by atomic mass is 10.2. The van der Waals surface area contributed by atoms with Gasteiger partial charge in [0.1, 0.15) is 18.2 Å². The maximum absolute atomic E-state index is 11.9. The number of fused-ring (bicyclic) bond motifs is 1. The van der Waals surface area contributed by atoms with Crippen LogP contribution in [-0.4, -0.2) is 15.7 Å². The van der Waals surface area contributed by atoms with E-state index in [-0.39, 0.29) is 5.56 Å². The third kappa shape index (κ3) is 2.81. The van der Waals surface area contributed by atoms with Crippen molar-refractivity contribution in [1.82, 2.24) is 9.97 Å². The van der Waals surface area contributed by atoms with Gasteiger partial charge in [0.15, 0.2) is 0 Å². The van der Waals surface area contributed by atoms with Gasteiger partial charge < -0.3 is 9.72 Å². The van der Waals surface area contributed by atoms with E-state index in [4.69, 9.17) is 4.74 Å². The number of benzene rings is 1. The monoisotopic (exact) mass is 274 g/mol. The molecule has 0 bridgehead atoms. The van der Waals surface area contributed by atoms with Crippen LogP contribution in [0.1, 0.15) is 17.1 Å². The minimum atomic E-state index is -0.0242. The van der Waals surface area contributed by atoms with Crippen LogP contribution in [0.3, 0.4) is 0 Å². The highest BCUT2D eigenvalue weighted by Crippen LogP contribution is 2.20. The van der Waals surface area contributed by atoms with Crippen molar-refractivity contribution < 1.29 is 4.74 Å². The van der Waals surface area contributed by atoms with Gasteiger partial charge in [0.2, 0.25) is 0 Å². The molecule has 1 aliphatic rings. The van der Waals surface area contributed by atoms with Gasteiger partial charge in [0.25, 0.3) is 5.56 Å². The summed E-state index contributed by atoms with van der Waals surface area (Å²) in [4.78, 5) is 19.2. The van der Waals surface area contributed by atoms with Gasteiger partial charge in [-0.2, -0.15) is 11.8 Å². The van der Waals surface area contributed by atoms with Crippen molar-refractivity contribution in [3.63, 3.8) is 0 Å². The smallest absolute Gasteiger partial charge is 0.255 e. The highest BCUT2D eigenvalue weighted by atomic mass is 32.2. The molecule has 0 unspecified atom stereocenters. The van der Waals surface area contributed by atoms with Gasteiger partial charge in [-0.05, 0) is 24.3 Å². The maximum Gasteiger partial charge on any atom is 0.255 e. The molecule has 4 nitrogen and oxygen atoms in total. The first kappa shape index (κ1) is 12.3. The molecule has 3 rings (SSSR count). The molecule has 98 valence electrons. The molecule has 0 amide bonds. The number of nitrogens with one attached hydrogen (secondary N) is 1. The molecule has 2 heterocycles. The molecule has 1 aromatic carbocycles. The van der Waals surface area contributed by atoms with Crippen molar-refractivity contribution >= 4 is 11.8 Å². The fourth-order valence-corrected chi connectivity index (χ4v) is 3.02. The third-order valence-electron chi connectivity index (χ3n) is 3.00. The number of para-hydroxylation sites is 1. The molecule has 1 N–H and O–H groups in total. The molecule has 1 aromatic heterocycles. The molecular weight excluding hydrogens is 260 g/mol. The van der Waals surface area contributed by atoms with Crippen molar-refractivity contribution in [2.45, 2.75) is 18.8 Å².